The summed E-state index contributed by atoms with van der Waals surface area (Å²) in [5.74, 6) is 0.792. The maximum absolute atomic E-state index is 8.91. The second-order valence-electron chi connectivity index (χ2n) is 7.50. The van der Waals surface area contributed by atoms with Gasteiger partial charge in [0.25, 0.3) is 0 Å². The fourth-order valence-electron chi connectivity index (χ4n) is 4.01. The van der Waals surface area contributed by atoms with Crippen molar-refractivity contribution in [2.24, 2.45) is 0 Å². The molecule has 0 bridgehead atoms. The van der Waals surface area contributed by atoms with E-state index in [1.807, 2.05) is 43.3 Å². The van der Waals surface area contributed by atoms with Gasteiger partial charge in [-0.15, -0.1) is 0 Å². The molecule has 1 fully saturated rings. The average Bonchev–Trinajstić information content (AvgIpc) is 3.20. The van der Waals surface area contributed by atoms with Gasteiger partial charge in [0.05, 0.1) is 29.8 Å². The first kappa shape index (κ1) is 19.2. The number of pyridine rings is 1. The minimum Gasteiger partial charge on any atom is -0.489 e. The van der Waals surface area contributed by atoms with Gasteiger partial charge in [-0.05, 0) is 55.7 Å². The van der Waals surface area contributed by atoms with E-state index in [2.05, 4.69) is 23.1 Å². The first-order valence-electron chi connectivity index (χ1n) is 9.97. The zero-order valence-electron chi connectivity index (χ0n) is 16.9. The van der Waals surface area contributed by atoms with E-state index in [0.717, 1.165) is 47.5 Å². The molecule has 1 atom stereocenters. The summed E-state index contributed by atoms with van der Waals surface area (Å²) < 4.78 is 11.4. The van der Waals surface area contributed by atoms with Crippen LogP contribution in [0.5, 0.6) is 5.75 Å². The summed E-state index contributed by atoms with van der Waals surface area (Å²) in [5.41, 5.74) is 4.85. The molecule has 29 heavy (non-hydrogen) atoms. The van der Waals surface area contributed by atoms with Gasteiger partial charge in [-0.2, -0.15) is 5.26 Å². The van der Waals surface area contributed by atoms with Gasteiger partial charge in [-0.3, -0.25) is 4.98 Å². The fraction of sp³-hybridized carbons (Fsp3) is 0.333. The number of aryl methyl sites for hydroxylation is 1. The Hall–Kier alpha value is -3.10. The van der Waals surface area contributed by atoms with Crippen LogP contribution in [0.25, 0.3) is 10.9 Å². The lowest BCUT2D eigenvalue weighted by Crippen LogP contribution is -2.33. The van der Waals surface area contributed by atoms with Crippen molar-refractivity contribution >= 4 is 16.6 Å². The number of ether oxygens (including phenoxy) is 2. The second-order valence-corrected chi connectivity index (χ2v) is 7.50. The van der Waals surface area contributed by atoms with Gasteiger partial charge in [0.1, 0.15) is 12.4 Å². The molecule has 0 saturated carbocycles. The number of hydrogen-bond acceptors (Lipinski definition) is 5. The smallest absolute Gasteiger partial charge is 0.122 e. The van der Waals surface area contributed by atoms with Gasteiger partial charge in [-0.1, -0.05) is 12.1 Å². The van der Waals surface area contributed by atoms with Gasteiger partial charge in [-0.25, -0.2) is 0 Å². The summed E-state index contributed by atoms with van der Waals surface area (Å²) in [7, 11) is 1.77. The molecule has 0 N–H and O–H groups in total. The van der Waals surface area contributed by atoms with Crippen molar-refractivity contribution in [2.45, 2.75) is 32.4 Å². The fourth-order valence-corrected chi connectivity index (χ4v) is 4.01. The van der Waals surface area contributed by atoms with Crippen LogP contribution in [0.4, 0.5) is 5.69 Å². The van der Waals surface area contributed by atoms with Crippen molar-refractivity contribution in [1.29, 1.82) is 5.26 Å². The molecule has 1 aliphatic heterocycles. The molecule has 0 amide bonds. The zero-order chi connectivity index (χ0) is 20.2. The van der Waals surface area contributed by atoms with Crippen molar-refractivity contribution < 1.29 is 9.47 Å². The Bertz CT molecular complexity index is 1040. The number of methoxy groups -OCH3 is 1. The predicted molar refractivity (Wildman–Crippen MR) is 114 cm³/mol. The topological polar surface area (TPSA) is 58.4 Å². The lowest BCUT2D eigenvalue weighted by Gasteiger charge is -2.28. The molecule has 1 aliphatic rings. The Balaban J connectivity index is 1.58. The standard InChI is InChI=1S/C24H25N3O2/c1-17-12-24(27-11-3-4-20(27)16-28-2)22-10-9-21(13-23(22)26-17)29-15-19-7-5-18(14-25)6-8-19/h5-10,12-13,20H,3-4,11,15-16H2,1-2H3. The summed E-state index contributed by atoms with van der Waals surface area (Å²) in [6.45, 7) is 4.28. The number of fused-ring (bicyclic) bond motifs is 1. The monoisotopic (exact) mass is 387 g/mol. The third kappa shape index (κ3) is 4.18. The lowest BCUT2D eigenvalue weighted by molar-refractivity contribution is 0.181. The van der Waals surface area contributed by atoms with Crippen molar-refractivity contribution in [3.63, 3.8) is 0 Å². The molecular weight excluding hydrogens is 362 g/mol. The molecule has 1 saturated heterocycles. The summed E-state index contributed by atoms with van der Waals surface area (Å²) >= 11 is 0. The van der Waals surface area contributed by atoms with Crippen LogP contribution in [-0.4, -0.2) is 31.3 Å². The van der Waals surface area contributed by atoms with E-state index in [1.165, 1.54) is 12.1 Å². The number of anilines is 1. The summed E-state index contributed by atoms with van der Waals surface area (Å²) in [6.07, 6.45) is 2.34. The molecule has 0 aliphatic carbocycles. The van der Waals surface area contributed by atoms with E-state index in [0.29, 0.717) is 18.2 Å². The van der Waals surface area contributed by atoms with Crippen LogP contribution in [0.1, 0.15) is 29.7 Å². The predicted octanol–water partition coefficient (Wildman–Crippen LogP) is 4.61. The molecule has 0 spiro atoms. The molecular formula is C24H25N3O2. The Kier molecular flexibility index (Phi) is 5.64. The molecule has 148 valence electrons. The van der Waals surface area contributed by atoms with E-state index in [9.17, 15) is 0 Å². The molecule has 5 heteroatoms. The molecule has 0 radical (unpaired) electrons. The molecule has 4 rings (SSSR count). The Labute approximate surface area is 171 Å². The SMILES string of the molecule is COCC1CCCN1c1cc(C)nc2cc(OCc3ccc(C#N)cc3)ccc12. The van der Waals surface area contributed by atoms with Crippen LogP contribution < -0.4 is 9.64 Å². The van der Waals surface area contributed by atoms with Crippen molar-refractivity contribution in [3.8, 4) is 11.8 Å². The molecule has 1 unspecified atom stereocenters. The Morgan fingerprint density at radius 2 is 2.00 bits per heavy atom. The third-order valence-corrected chi connectivity index (χ3v) is 5.42. The molecule has 3 aromatic rings. The quantitative estimate of drug-likeness (QED) is 0.618. The van der Waals surface area contributed by atoms with Crippen molar-refractivity contribution in [2.75, 3.05) is 25.2 Å². The second kappa shape index (κ2) is 8.50. The molecule has 2 heterocycles. The molecule has 1 aromatic heterocycles. The van der Waals surface area contributed by atoms with Crippen molar-refractivity contribution in [1.82, 2.24) is 4.98 Å². The number of hydrogen-bond donors (Lipinski definition) is 0. The minimum absolute atomic E-state index is 0.414. The number of rotatable bonds is 6. The van der Waals surface area contributed by atoms with Gasteiger partial charge >= 0.3 is 0 Å². The highest BCUT2D eigenvalue weighted by Gasteiger charge is 2.26. The van der Waals surface area contributed by atoms with E-state index in [4.69, 9.17) is 19.7 Å². The van der Waals surface area contributed by atoms with Crippen molar-refractivity contribution in [3.05, 3.63) is 65.4 Å². The summed E-state index contributed by atoms with van der Waals surface area (Å²) in [5, 5.41) is 10.1. The Morgan fingerprint density at radius 1 is 1.17 bits per heavy atom. The minimum atomic E-state index is 0.414. The Morgan fingerprint density at radius 3 is 2.76 bits per heavy atom. The zero-order valence-corrected chi connectivity index (χ0v) is 16.9. The largest absolute Gasteiger partial charge is 0.489 e. The van der Waals surface area contributed by atoms with E-state index >= 15 is 0 Å². The normalized spacial score (nSPS) is 16.2. The highest BCUT2D eigenvalue weighted by atomic mass is 16.5. The van der Waals surface area contributed by atoms with E-state index in [-0.39, 0.29) is 0 Å². The lowest BCUT2D eigenvalue weighted by atomic mass is 10.1. The van der Waals surface area contributed by atoms with Crippen LogP contribution in [0, 0.1) is 18.3 Å². The van der Waals surface area contributed by atoms with Crippen LogP contribution >= 0.6 is 0 Å². The third-order valence-electron chi connectivity index (χ3n) is 5.42. The average molecular weight is 387 g/mol. The van der Waals surface area contributed by atoms with Crippen LogP contribution in [0.15, 0.2) is 48.5 Å². The maximum atomic E-state index is 8.91. The number of nitriles is 1. The van der Waals surface area contributed by atoms with E-state index < -0.39 is 0 Å². The van der Waals surface area contributed by atoms with Gasteiger partial charge in [0, 0.05) is 36.5 Å². The number of nitrogens with zero attached hydrogens (tertiary/aromatic N) is 3. The van der Waals surface area contributed by atoms with E-state index in [1.54, 1.807) is 7.11 Å². The van der Waals surface area contributed by atoms with Gasteiger partial charge < -0.3 is 14.4 Å². The number of aromatic nitrogens is 1. The first-order chi connectivity index (χ1) is 14.2. The summed E-state index contributed by atoms with van der Waals surface area (Å²) in [4.78, 5) is 7.20. The summed E-state index contributed by atoms with van der Waals surface area (Å²) in [6, 6.07) is 18.3. The molecule has 5 nitrogen and oxygen atoms in total. The van der Waals surface area contributed by atoms with Gasteiger partial charge in [0.2, 0.25) is 0 Å². The highest BCUT2D eigenvalue weighted by Crippen LogP contribution is 2.34. The molecule has 2 aromatic carbocycles. The van der Waals surface area contributed by atoms with Crippen LogP contribution in [0.2, 0.25) is 0 Å². The van der Waals surface area contributed by atoms with Crippen LogP contribution in [0.3, 0.4) is 0 Å². The highest BCUT2D eigenvalue weighted by molar-refractivity contribution is 5.93. The van der Waals surface area contributed by atoms with Crippen LogP contribution in [-0.2, 0) is 11.3 Å². The first-order valence-corrected chi connectivity index (χ1v) is 9.97. The van der Waals surface area contributed by atoms with Gasteiger partial charge in [0.15, 0.2) is 0 Å². The maximum Gasteiger partial charge on any atom is 0.122 e. The number of benzene rings is 2.